The fourth-order valence-corrected chi connectivity index (χ4v) is 1.84. The highest BCUT2D eigenvalue weighted by Gasteiger charge is 2.00. The lowest BCUT2D eigenvalue weighted by molar-refractivity contribution is -0.137. The number of pyridine rings is 1. The molecule has 1 aromatic heterocycles. The second-order valence-electron chi connectivity index (χ2n) is 4.50. The van der Waals surface area contributed by atoms with Crippen LogP contribution in [0.5, 0.6) is 5.75 Å². The summed E-state index contributed by atoms with van der Waals surface area (Å²) in [5.74, 6) is 0.0398. The molecule has 0 aliphatic rings. The summed E-state index contributed by atoms with van der Waals surface area (Å²) in [6.45, 7) is 0.444. The van der Waals surface area contributed by atoms with Gasteiger partial charge in [-0.2, -0.15) is 0 Å². The van der Waals surface area contributed by atoms with Gasteiger partial charge in [-0.3, -0.25) is 9.78 Å². The molecule has 2 rings (SSSR count). The van der Waals surface area contributed by atoms with Gasteiger partial charge in [0.2, 0.25) is 0 Å². The number of aromatic nitrogens is 1. The van der Waals surface area contributed by atoms with Crippen molar-refractivity contribution >= 4 is 5.97 Å². The molecule has 1 N–H and O–H groups in total. The summed E-state index contributed by atoms with van der Waals surface area (Å²) >= 11 is 0. The number of aryl methyl sites for hydroxylation is 1. The van der Waals surface area contributed by atoms with Gasteiger partial charge in [-0.25, -0.2) is 0 Å². The Hall–Kier alpha value is -2.36. The molecule has 1 aromatic carbocycles. The molecule has 0 fully saturated rings. The summed E-state index contributed by atoms with van der Waals surface area (Å²) in [4.78, 5) is 14.6. The number of nitrogens with zero attached hydrogens (tertiary/aromatic N) is 1. The minimum atomic E-state index is -0.750. The Morgan fingerprint density at radius 1 is 1.15 bits per heavy atom. The Morgan fingerprint density at radius 2 is 1.95 bits per heavy atom. The molecule has 0 aliphatic heterocycles. The molecule has 0 saturated carbocycles. The number of carboxylic acids is 1. The van der Waals surface area contributed by atoms with Gasteiger partial charge < -0.3 is 9.84 Å². The first-order valence-corrected chi connectivity index (χ1v) is 6.57. The Balaban J connectivity index is 1.81. The van der Waals surface area contributed by atoms with E-state index >= 15 is 0 Å². The van der Waals surface area contributed by atoms with E-state index in [1.54, 1.807) is 6.20 Å². The largest absolute Gasteiger partial charge is 0.487 e. The molecule has 0 radical (unpaired) electrons. The summed E-state index contributed by atoms with van der Waals surface area (Å²) in [6, 6.07) is 13.5. The lowest BCUT2D eigenvalue weighted by Crippen LogP contribution is -1.98. The van der Waals surface area contributed by atoms with E-state index < -0.39 is 5.97 Å². The summed E-state index contributed by atoms with van der Waals surface area (Å²) in [5, 5.41) is 8.59. The third-order valence-electron chi connectivity index (χ3n) is 2.89. The number of carboxylic acid groups (broad SMARTS) is 1. The maximum absolute atomic E-state index is 10.4. The number of ether oxygens (including phenoxy) is 1. The third-order valence-corrected chi connectivity index (χ3v) is 2.89. The van der Waals surface area contributed by atoms with Crippen LogP contribution >= 0.6 is 0 Å². The molecule has 20 heavy (non-hydrogen) atoms. The Kier molecular flexibility index (Phi) is 5.12. The monoisotopic (exact) mass is 271 g/mol. The number of rotatable bonds is 7. The van der Waals surface area contributed by atoms with Crippen LogP contribution in [0.25, 0.3) is 0 Å². The van der Waals surface area contributed by atoms with Gasteiger partial charge >= 0.3 is 5.97 Å². The fraction of sp³-hybridized carbons (Fsp3) is 0.250. The molecule has 104 valence electrons. The Morgan fingerprint density at radius 3 is 2.60 bits per heavy atom. The molecule has 4 nitrogen and oxygen atoms in total. The smallest absolute Gasteiger partial charge is 0.303 e. The summed E-state index contributed by atoms with van der Waals surface area (Å²) in [5.41, 5.74) is 2.01. The van der Waals surface area contributed by atoms with Gasteiger partial charge in [0.1, 0.15) is 12.4 Å². The quantitative estimate of drug-likeness (QED) is 0.840. The van der Waals surface area contributed by atoms with Gasteiger partial charge in [0.15, 0.2) is 0 Å². The van der Waals surface area contributed by atoms with Gasteiger partial charge in [-0.1, -0.05) is 18.2 Å². The third kappa shape index (κ3) is 4.72. The van der Waals surface area contributed by atoms with Crippen molar-refractivity contribution in [1.29, 1.82) is 0 Å². The summed E-state index contributed by atoms with van der Waals surface area (Å²) < 4.78 is 5.63. The van der Waals surface area contributed by atoms with Gasteiger partial charge in [0, 0.05) is 12.6 Å². The predicted molar refractivity (Wildman–Crippen MR) is 75.6 cm³/mol. The second-order valence-corrected chi connectivity index (χ2v) is 4.50. The second kappa shape index (κ2) is 7.28. The van der Waals surface area contributed by atoms with Crippen LogP contribution in [0.15, 0.2) is 48.7 Å². The molecule has 0 spiro atoms. The van der Waals surface area contributed by atoms with Crippen LogP contribution in [-0.4, -0.2) is 16.1 Å². The van der Waals surface area contributed by atoms with E-state index in [0.717, 1.165) is 23.4 Å². The Bertz CT molecular complexity index is 537. The highest BCUT2D eigenvalue weighted by Crippen LogP contribution is 2.15. The molecule has 0 unspecified atom stereocenters. The van der Waals surface area contributed by atoms with E-state index in [4.69, 9.17) is 9.84 Å². The molecular weight excluding hydrogens is 254 g/mol. The van der Waals surface area contributed by atoms with E-state index in [-0.39, 0.29) is 6.42 Å². The first kappa shape index (κ1) is 14.1. The summed E-state index contributed by atoms with van der Waals surface area (Å²) in [7, 11) is 0. The van der Waals surface area contributed by atoms with Crippen molar-refractivity contribution in [3.05, 3.63) is 59.9 Å². The lowest BCUT2D eigenvalue weighted by Gasteiger charge is -2.06. The van der Waals surface area contributed by atoms with Crippen LogP contribution in [0.1, 0.15) is 24.1 Å². The number of hydrogen-bond donors (Lipinski definition) is 1. The first-order valence-electron chi connectivity index (χ1n) is 6.57. The van der Waals surface area contributed by atoms with E-state index in [9.17, 15) is 4.79 Å². The van der Waals surface area contributed by atoms with Gasteiger partial charge in [-0.05, 0) is 42.7 Å². The molecule has 0 amide bonds. The molecule has 4 heteroatoms. The van der Waals surface area contributed by atoms with Crippen molar-refractivity contribution in [2.45, 2.75) is 25.9 Å². The van der Waals surface area contributed by atoms with E-state index in [1.165, 1.54) is 0 Å². The number of hydrogen-bond acceptors (Lipinski definition) is 3. The summed E-state index contributed by atoms with van der Waals surface area (Å²) in [6.07, 6.45) is 3.37. The standard InChI is InChI=1S/C16H17NO3/c18-16(19)6-3-4-13-7-9-15(10-8-13)20-12-14-5-1-2-11-17-14/h1-2,5,7-11H,3-4,6,12H2,(H,18,19). The minimum Gasteiger partial charge on any atom is -0.487 e. The molecular formula is C16H17NO3. The van der Waals surface area contributed by atoms with Crippen molar-refractivity contribution < 1.29 is 14.6 Å². The van der Waals surface area contributed by atoms with Crippen LogP contribution < -0.4 is 4.74 Å². The number of carbonyl (C=O) groups is 1. The zero-order valence-electron chi connectivity index (χ0n) is 11.2. The average molecular weight is 271 g/mol. The number of aliphatic carboxylic acids is 1. The van der Waals surface area contributed by atoms with Crippen molar-refractivity contribution in [3.8, 4) is 5.75 Å². The van der Waals surface area contributed by atoms with Gasteiger partial charge in [-0.15, -0.1) is 0 Å². The molecule has 2 aromatic rings. The van der Waals surface area contributed by atoms with Gasteiger partial charge in [0.05, 0.1) is 5.69 Å². The van der Waals surface area contributed by atoms with Crippen molar-refractivity contribution in [2.24, 2.45) is 0 Å². The average Bonchev–Trinajstić information content (AvgIpc) is 2.47. The first-order chi connectivity index (χ1) is 9.74. The van der Waals surface area contributed by atoms with Crippen LogP contribution in [-0.2, 0) is 17.8 Å². The van der Waals surface area contributed by atoms with Gasteiger partial charge in [0.25, 0.3) is 0 Å². The number of benzene rings is 1. The predicted octanol–water partition coefficient (Wildman–Crippen LogP) is 3.07. The van der Waals surface area contributed by atoms with Crippen LogP contribution in [0.4, 0.5) is 0 Å². The molecule has 0 aliphatic carbocycles. The van der Waals surface area contributed by atoms with Crippen molar-refractivity contribution in [2.75, 3.05) is 0 Å². The minimum absolute atomic E-state index is 0.206. The normalized spacial score (nSPS) is 10.2. The highest BCUT2D eigenvalue weighted by molar-refractivity contribution is 5.66. The zero-order valence-corrected chi connectivity index (χ0v) is 11.2. The maximum atomic E-state index is 10.4. The van der Waals surface area contributed by atoms with E-state index in [2.05, 4.69) is 4.98 Å². The maximum Gasteiger partial charge on any atom is 0.303 e. The SMILES string of the molecule is O=C(O)CCCc1ccc(OCc2ccccn2)cc1. The zero-order chi connectivity index (χ0) is 14.2. The lowest BCUT2D eigenvalue weighted by atomic mass is 10.1. The van der Waals surface area contributed by atoms with Crippen LogP contribution in [0.3, 0.4) is 0 Å². The van der Waals surface area contributed by atoms with Crippen LogP contribution in [0, 0.1) is 0 Å². The highest BCUT2D eigenvalue weighted by atomic mass is 16.5. The molecule has 0 atom stereocenters. The van der Waals surface area contributed by atoms with Crippen LogP contribution in [0.2, 0.25) is 0 Å². The van der Waals surface area contributed by atoms with E-state index in [0.29, 0.717) is 13.0 Å². The fourth-order valence-electron chi connectivity index (χ4n) is 1.84. The Labute approximate surface area is 118 Å². The molecule has 0 saturated heterocycles. The van der Waals surface area contributed by atoms with E-state index in [1.807, 2.05) is 42.5 Å². The van der Waals surface area contributed by atoms with Crippen molar-refractivity contribution in [3.63, 3.8) is 0 Å². The molecule has 1 heterocycles. The van der Waals surface area contributed by atoms with Crippen molar-refractivity contribution in [1.82, 2.24) is 4.98 Å². The topological polar surface area (TPSA) is 59.4 Å². The molecule has 0 bridgehead atoms.